The molecule has 1 aliphatic carbocycles. The number of hydrogen-bond donors (Lipinski definition) is 2. The van der Waals surface area contributed by atoms with Gasteiger partial charge in [0, 0.05) is 10.0 Å². The molecule has 3 nitrogen and oxygen atoms in total. The molecule has 0 saturated heterocycles. The molecule has 0 spiro atoms. The monoisotopic (exact) mass is 305 g/mol. The van der Waals surface area contributed by atoms with Crippen molar-refractivity contribution < 1.29 is 0 Å². The van der Waals surface area contributed by atoms with E-state index >= 15 is 0 Å². The molecule has 0 atom stereocenters. The fraction of sp³-hybridized carbons (Fsp3) is 0.357. The van der Waals surface area contributed by atoms with Crippen LogP contribution in [0.2, 0.25) is 0 Å². The maximum absolute atomic E-state index is 6.40. The predicted octanol–water partition coefficient (Wildman–Crippen LogP) is 3.57. The molecule has 94 valence electrons. The standard InChI is InChI=1S/C14H16BrN3/c15-11-6-2-1-5-10(11)12-9-17-13(18-12)14(16)7-3-4-8-14/h1-2,5-6,9H,3-4,7-8,16H2,(H,17,18). The van der Waals surface area contributed by atoms with Crippen molar-refractivity contribution in [2.75, 3.05) is 0 Å². The van der Waals surface area contributed by atoms with E-state index in [4.69, 9.17) is 5.73 Å². The normalized spacial score (nSPS) is 18.1. The van der Waals surface area contributed by atoms with Crippen molar-refractivity contribution >= 4 is 15.9 Å². The minimum atomic E-state index is -0.250. The van der Waals surface area contributed by atoms with Gasteiger partial charge in [-0.3, -0.25) is 0 Å². The zero-order valence-electron chi connectivity index (χ0n) is 10.1. The minimum absolute atomic E-state index is 0.250. The smallest absolute Gasteiger partial charge is 0.126 e. The molecule has 3 N–H and O–H groups in total. The second-order valence-corrected chi connectivity index (χ2v) is 5.84. The third-order valence-corrected chi connectivity index (χ3v) is 4.40. The van der Waals surface area contributed by atoms with Gasteiger partial charge in [0.25, 0.3) is 0 Å². The fourth-order valence-electron chi connectivity index (χ4n) is 2.63. The van der Waals surface area contributed by atoms with E-state index < -0.39 is 0 Å². The third-order valence-electron chi connectivity index (χ3n) is 3.71. The molecule has 4 heteroatoms. The molecule has 2 aromatic rings. The maximum Gasteiger partial charge on any atom is 0.126 e. The Morgan fingerprint density at radius 3 is 2.67 bits per heavy atom. The Morgan fingerprint density at radius 1 is 1.22 bits per heavy atom. The first-order valence-corrected chi connectivity index (χ1v) is 7.08. The van der Waals surface area contributed by atoms with E-state index in [0.717, 1.165) is 34.4 Å². The Morgan fingerprint density at radius 2 is 1.94 bits per heavy atom. The van der Waals surface area contributed by atoms with Gasteiger partial charge in [-0.1, -0.05) is 47.0 Å². The molecule has 1 aromatic carbocycles. The van der Waals surface area contributed by atoms with Gasteiger partial charge in [0.1, 0.15) is 5.82 Å². The molecule has 1 saturated carbocycles. The van der Waals surface area contributed by atoms with Gasteiger partial charge < -0.3 is 10.7 Å². The summed E-state index contributed by atoms with van der Waals surface area (Å²) >= 11 is 3.56. The van der Waals surface area contributed by atoms with Crippen LogP contribution in [0.1, 0.15) is 31.5 Å². The summed E-state index contributed by atoms with van der Waals surface area (Å²) in [6.45, 7) is 0. The highest BCUT2D eigenvalue weighted by Gasteiger charge is 2.34. The van der Waals surface area contributed by atoms with Crippen LogP contribution >= 0.6 is 15.9 Å². The lowest BCUT2D eigenvalue weighted by Gasteiger charge is -2.20. The molecule has 0 amide bonds. The van der Waals surface area contributed by atoms with Crippen molar-refractivity contribution in [3.8, 4) is 11.3 Å². The van der Waals surface area contributed by atoms with Crippen molar-refractivity contribution in [3.63, 3.8) is 0 Å². The lowest BCUT2D eigenvalue weighted by molar-refractivity contribution is 0.436. The van der Waals surface area contributed by atoms with E-state index in [1.165, 1.54) is 12.8 Å². The van der Waals surface area contributed by atoms with E-state index in [-0.39, 0.29) is 5.54 Å². The highest BCUT2D eigenvalue weighted by atomic mass is 79.9. The second kappa shape index (κ2) is 4.52. The summed E-state index contributed by atoms with van der Waals surface area (Å²) in [5.74, 6) is 0.922. The molecule has 0 unspecified atom stereocenters. The lowest BCUT2D eigenvalue weighted by atomic mass is 9.99. The number of benzene rings is 1. The van der Waals surface area contributed by atoms with E-state index in [0.29, 0.717) is 0 Å². The molecule has 1 fully saturated rings. The van der Waals surface area contributed by atoms with Gasteiger partial charge in [-0.25, -0.2) is 4.98 Å². The highest BCUT2D eigenvalue weighted by molar-refractivity contribution is 9.10. The number of H-pyrrole nitrogens is 1. The molecule has 0 bridgehead atoms. The van der Waals surface area contributed by atoms with Crippen LogP contribution in [-0.4, -0.2) is 9.97 Å². The Labute approximate surface area is 115 Å². The zero-order chi connectivity index (χ0) is 12.6. The second-order valence-electron chi connectivity index (χ2n) is 4.99. The largest absolute Gasteiger partial charge is 0.340 e. The van der Waals surface area contributed by atoms with E-state index in [1.807, 2.05) is 24.4 Å². The van der Waals surface area contributed by atoms with Crippen molar-refractivity contribution in [3.05, 3.63) is 40.8 Å². The van der Waals surface area contributed by atoms with E-state index in [1.54, 1.807) is 0 Å². The first-order valence-electron chi connectivity index (χ1n) is 6.28. The molecule has 0 radical (unpaired) electrons. The minimum Gasteiger partial charge on any atom is -0.340 e. The number of nitrogens with one attached hydrogen (secondary N) is 1. The van der Waals surface area contributed by atoms with Crippen molar-refractivity contribution in [2.24, 2.45) is 5.73 Å². The zero-order valence-corrected chi connectivity index (χ0v) is 11.7. The Hall–Kier alpha value is -1.13. The lowest BCUT2D eigenvalue weighted by Crippen LogP contribution is -2.34. The van der Waals surface area contributed by atoms with Crippen molar-refractivity contribution in [1.82, 2.24) is 9.97 Å². The van der Waals surface area contributed by atoms with Gasteiger partial charge in [-0.15, -0.1) is 0 Å². The average molecular weight is 306 g/mol. The fourth-order valence-corrected chi connectivity index (χ4v) is 3.13. The number of imidazole rings is 1. The van der Waals surface area contributed by atoms with E-state index in [2.05, 4.69) is 32.0 Å². The van der Waals surface area contributed by atoms with Crippen LogP contribution in [0.3, 0.4) is 0 Å². The molecule has 1 heterocycles. The summed E-state index contributed by atoms with van der Waals surface area (Å²) in [6.07, 6.45) is 6.32. The van der Waals surface area contributed by atoms with Crippen molar-refractivity contribution in [1.29, 1.82) is 0 Å². The number of hydrogen-bond acceptors (Lipinski definition) is 2. The number of rotatable bonds is 2. The van der Waals surface area contributed by atoms with Crippen LogP contribution in [0.4, 0.5) is 0 Å². The van der Waals surface area contributed by atoms with Gasteiger partial charge in [-0.2, -0.15) is 0 Å². The third kappa shape index (κ3) is 1.99. The van der Waals surface area contributed by atoms with Gasteiger partial charge in [0.05, 0.1) is 17.4 Å². The topological polar surface area (TPSA) is 54.7 Å². The maximum atomic E-state index is 6.40. The summed E-state index contributed by atoms with van der Waals surface area (Å²) in [4.78, 5) is 7.87. The average Bonchev–Trinajstić information content (AvgIpc) is 2.99. The Bertz CT molecular complexity index is 556. The number of halogens is 1. The Balaban J connectivity index is 1.97. The molecule has 18 heavy (non-hydrogen) atoms. The van der Waals surface area contributed by atoms with Crippen LogP contribution in [-0.2, 0) is 5.54 Å². The number of aromatic amines is 1. The SMILES string of the molecule is NC1(c2ncc(-c3ccccc3Br)[nH]2)CCCC1. The first-order chi connectivity index (χ1) is 8.69. The summed E-state index contributed by atoms with van der Waals surface area (Å²) < 4.78 is 1.07. The highest BCUT2D eigenvalue weighted by Crippen LogP contribution is 2.36. The van der Waals surface area contributed by atoms with Crippen LogP contribution < -0.4 is 5.73 Å². The van der Waals surface area contributed by atoms with Crippen LogP contribution in [0.25, 0.3) is 11.3 Å². The van der Waals surface area contributed by atoms with Gasteiger partial charge in [-0.05, 0) is 18.9 Å². The molecular weight excluding hydrogens is 290 g/mol. The molecule has 0 aliphatic heterocycles. The molecular formula is C14H16BrN3. The van der Waals surface area contributed by atoms with Crippen LogP contribution in [0.15, 0.2) is 34.9 Å². The summed E-state index contributed by atoms with van der Waals surface area (Å²) in [5.41, 5.74) is 8.30. The van der Waals surface area contributed by atoms with Gasteiger partial charge in [0.15, 0.2) is 0 Å². The number of nitrogens with zero attached hydrogens (tertiary/aromatic N) is 1. The van der Waals surface area contributed by atoms with Gasteiger partial charge in [0.2, 0.25) is 0 Å². The quantitative estimate of drug-likeness (QED) is 0.891. The molecule has 3 rings (SSSR count). The van der Waals surface area contributed by atoms with Crippen LogP contribution in [0, 0.1) is 0 Å². The predicted molar refractivity (Wildman–Crippen MR) is 76.1 cm³/mol. The first kappa shape index (κ1) is 11.9. The van der Waals surface area contributed by atoms with E-state index in [9.17, 15) is 0 Å². The summed E-state index contributed by atoms with van der Waals surface area (Å²) in [6, 6.07) is 8.13. The molecule has 1 aromatic heterocycles. The van der Waals surface area contributed by atoms with Crippen LogP contribution in [0.5, 0.6) is 0 Å². The molecule has 1 aliphatic rings. The van der Waals surface area contributed by atoms with Crippen molar-refractivity contribution in [2.45, 2.75) is 31.2 Å². The Kier molecular flexibility index (Phi) is 2.99. The van der Waals surface area contributed by atoms with Gasteiger partial charge >= 0.3 is 0 Å². The summed E-state index contributed by atoms with van der Waals surface area (Å²) in [7, 11) is 0. The summed E-state index contributed by atoms with van der Waals surface area (Å²) in [5, 5.41) is 0. The number of aromatic nitrogens is 2. The number of nitrogens with two attached hydrogens (primary N) is 1.